The van der Waals surface area contributed by atoms with Gasteiger partial charge in [-0.3, -0.25) is 14.4 Å². The first kappa shape index (κ1) is 31.5. The zero-order valence-corrected chi connectivity index (χ0v) is 25.5. The number of carboxylic acid groups (broad SMARTS) is 1. The fourth-order valence-corrected chi connectivity index (χ4v) is 5.99. The highest BCUT2D eigenvalue weighted by atomic mass is 35.5. The van der Waals surface area contributed by atoms with E-state index in [1.165, 1.54) is 37.6 Å². The molecular formula is C34H26ClF2N5O5. The van der Waals surface area contributed by atoms with Crippen LogP contribution in [0.2, 0.25) is 5.02 Å². The van der Waals surface area contributed by atoms with Gasteiger partial charge in [0.05, 0.1) is 12.2 Å². The van der Waals surface area contributed by atoms with E-state index < -0.39 is 35.8 Å². The lowest BCUT2D eigenvalue weighted by atomic mass is 10.0. The number of aromatic carboxylic acids is 1. The van der Waals surface area contributed by atoms with Gasteiger partial charge in [-0.1, -0.05) is 48.0 Å². The van der Waals surface area contributed by atoms with Gasteiger partial charge in [0.15, 0.2) is 11.6 Å². The Morgan fingerprint density at radius 1 is 1.00 bits per heavy atom. The topological polar surface area (TPSA) is 134 Å². The number of hydrogen-bond acceptors (Lipinski definition) is 6. The molecule has 0 aliphatic carbocycles. The zero-order chi connectivity index (χ0) is 33.4. The summed E-state index contributed by atoms with van der Waals surface area (Å²) in [5.41, 5.74) is 2.46. The molecule has 0 radical (unpaired) electrons. The normalized spacial score (nSPS) is 16.0. The van der Waals surface area contributed by atoms with Gasteiger partial charge in [-0.05, 0) is 36.8 Å². The van der Waals surface area contributed by atoms with Gasteiger partial charge in [-0.2, -0.15) is 0 Å². The lowest BCUT2D eigenvalue weighted by Gasteiger charge is -2.24. The number of benzene rings is 3. The largest absolute Gasteiger partial charge is 0.475 e. The van der Waals surface area contributed by atoms with Crippen LogP contribution in [0.5, 0.6) is 0 Å². The molecule has 3 aromatic carbocycles. The Hall–Kier alpha value is -5.49. The number of carbonyl (C=O) groups is 4. The van der Waals surface area contributed by atoms with Gasteiger partial charge in [-0.15, -0.1) is 0 Å². The third-order valence-corrected chi connectivity index (χ3v) is 8.37. The summed E-state index contributed by atoms with van der Waals surface area (Å²) in [4.78, 5) is 59.4. The minimum atomic E-state index is -1.47. The molecule has 5 aromatic rings. The highest BCUT2D eigenvalue weighted by molar-refractivity contribution is 6.33. The number of nitrogens with one attached hydrogen (secondary N) is 1. The molecule has 1 saturated heterocycles. The summed E-state index contributed by atoms with van der Waals surface area (Å²) in [6.45, 7) is 0.757. The Morgan fingerprint density at radius 2 is 1.72 bits per heavy atom. The molecule has 2 amide bonds. The average Bonchev–Trinajstić information content (AvgIpc) is 3.63. The Balaban J connectivity index is 1.24. The molecule has 0 unspecified atom stereocenters. The fourth-order valence-electron chi connectivity index (χ4n) is 5.75. The molecule has 2 atom stereocenters. The van der Waals surface area contributed by atoms with Crippen molar-refractivity contribution in [1.82, 2.24) is 19.4 Å². The summed E-state index contributed by atoms with van der Waals surface area (Å²) < 4.78 is 31.8. The fraction of sp³-hybridized carbons (Fsp3) is 0.176. The van der Waals surface area contributed by atoms with Crippen LogP contribution in [0.3, 0.4) is 0 Å². The molecule has 3 heterocycles. The van der Waals surface area contributed by atoms with E-state index in [2.05, 4.69) is 15.3 Å². The van der Waals surface area contributed by atoms with Crippen LogP contribution in [0.25, 0.3) is 33.2 Å². The quantitative estimate of drug-likeness (QED) is 0.194. The average molecular weight is 658 g/mol. The molecule has 238 valence electrons. The number of carboxylic acids is 1. The molecule has 6 rings (SSSR count). The van der Waals surface area contributed by atoms with Crippen LogP contribution in [-0.4, -0.2) is 66.9 Å². The Bertz CT molecular complexity index is 2070. The number of hydrogen-bond donors (Lipinski definition) is 2. The second-order valence-corrected chi connectivity index (χ2v) is 11.5. The van der Waals surface area contributed by atoms with Crippen LogP contribution in [0.15, 0.2) is 79.3 Å². The monoisotopic (exact) mass is 657 g/mol. The van der Waals surface area contributed by atoms with Gasteiger partial charge < -0.3 is 19.9 Å². The van der Waals surface area contributed by atoms with Crippen molar-refractivity contribution in [2.75, 3.05) is 11.9 Å². The van der Waals surface area contributed by atoms with Gasteiger partial charge >= 0.3 is 5.97 Å². The number of fused-ring (bicyclic) bond motifs is 1. The van der Waals surface area contributed by atoms with Crippen molar-refractivity contribution in [2.24, 2.45) is 0 Å². The van der Waals surface area contributed by atoms with E-state index in [0.29, 0.717) is 38.2 Å². The van der Waals surface area contributed by atoms with Crippen molar-refractivity contribution >= 4 is 51.8 Å². The second kappa shape index (κ2) is 12.7. The zero-order valence-electron chi connectivity index (χ0n) is 24.8. The summed E-state index contributed by atoms with van der Waals surface area (Å²) in [6, 6.07) is 15.0. The summed E-state index contributed by atoms with van der Waals surface area (Å²) in [7, 11) is 0. The van der Waals surface area contributed by atoms with E-state index in [0.717, 1.165) is 4.90 Å². The van der Waals surface area contributed by atoms with E-state index >= 15 is 4.39 Å². The number of halogens is 3. The number of alkyl halides is 1. The van der Waals surface area contributed by atoms with Gasteiger partial charge in [0.2, 0.25) is 17.6 Å². The van der Waals surface area contributed by atoms with Gasteiger partial charge in [-0.25, -0.2) is 23.5 Å². The van der Waals surface area contributed by atoms with Crippen molar-refractivity contribution in [3.8, 4) is 22.3 Å². The molecule has 1 fully saturated rings. The lowest BCUT2D eigenvalue weighted by Crippen LogP contribution is -2.44. The van der Waals surface area contributed by atoms with Crippen molar-refractivity contribution in [2.45, 2.75) is 32.1 Å². The molecule has 0 spiro atoms. The van der Waals surface area contributed by atoms with E-state index in [1.54, 1.807) is 53.1 Å². The molecular weight excluding hydrogens is 632 g/mol. The van der Waals surface area contributed by atoms with Crippen LogP contribution in [0, 0.1) is 5.82 Å². The number of anilines is 1. The predicted molar refractivity (Wildman–Crippen MR) is 170 cm³/mol. The van der Waals surface area contributed by atoms with Crippen LogP contribution >= 0.6 is 11.6 Å². The van der Waals surface area contributed by atoms with Crippen LogP contribution in [-0.2, 0) is 16.1 Å². The number of aromatic nitrogens is 3. The molecule has 1 aliphatic rings. The Labute approximate surface area is 271 Å². The first-order valence-corrected chi connectivity index (χ1v) is 14.9. The number of likely N-dealkylation sites (tertiary alicyclic amines) is 1. The standard InChI is InChI=1S/C34H26ClF2N5O5/c1-18(43)25-16-41(28-10-9-19(11-24(25)28)20-13-38-32(34(46)47)39-14-20)17-30(44)42-15-21(36)12-29(42)33(45)40-27-8-4-6-23(31(27)37)22-5-2-3-7-26(22)35/h2-11,13-14,16,21,29H,12,15,17H2,1H3,(H,40,45)(H,46,47)/t21-,29+/m1/s1. The maximum atomic E-state index is 15.5. The molecule has 10 nitrogen and oxygen atoms in total. The van der Waals surface area contributed by atoms with Crippen LogP contribution in [0.1, 0.15) is 34.3 Å². The smallest absolute Gasteiger partial charge is 0.373 e. The maximum absolute atomic E-state index is 15.5. The molecule has 0 bridgehead atoms. The third-order valence-electron chi connectivity index (χ3n) is 8.04. The first-order valence-electron chi connectivity index (χ1n) is 14.5. The number of carbonyl (C=O) groups excluding carboxylic acids is 3. The highest BCUT2D eigenvalue weighted by Gasteiger charge is 2.40. The van der Waals surface area contributed by atoms with Crippen molar-refractivity contribution < 1.29 is 33.1 Å². The minimum absolute atomic E-state index is 0.136. The molecule has 0 saturated carbocycles. The van der Waals surface area contributed by atoms with E-state index in [9.17, 15) is 23.6 Å². The lowest BCUT2D eigenvalue weighted by molar-refractivity contribution is -0.137. The summed E-state index contributed by atoms with van der Waals surface area (Å²) >= 11 is 6.25. The minimum Gasteiger partial charge on any atom is -0.475 e. The van der Waals surface area contributed by atoms with Crippen LogP contribution < -0.4 is 5.32 Å². The van der Waals surface area contributed by atoms with Gasteiger partial charge in [0.25, 0.3) is 0 Å². The van der Waals surface area contributed by atoms with Crippen LogP contribution in [0.4, 0.5) is 14.5 Å². The second-order valence-electron chi connectivity index (χ2n) is 11.1. The summed E-state index contributed by atoms with van der Waals surface area (Å²) in [5.74, 6) is -3.91. The Morgan fingerprint density at radius 3 is 2.43 bits per heavy atom. The van der Waals surface area contributed by atoms with Crippen molar-refractivity contribution in [1.29, 1.82) is 0 Å². The van der Waals surface area contributed by atoms with Gasteiger partial charge in [0.1, 0.15) is 18.8 Å². The maximum Gasteiger partial charge on any atom is 0.373 e. The molecule has 1 aliphatic heterocycles. The van der Waals surface area contributed by atoms with Gasteiger partial charge in [0, 0.05) is 63.2 Å². The summed E-state index contributed by atoms with van der Waals surface area (Å²) in [6.07, 6.45) is 2.50. The summed E-state index contributed by atoms with van der Waals surface area (Å²) in [5, 5.41) is 12.4. The number of rotatable bonds is 8. The molecule has 2 N–H and O–H groups in total. The number of Topliss-reactive ketones (excluding diaryl/α,β-unsaturated/α-hetero) is 1. The molecule has 13 heteroatoms. The number of nitrogens with zero attached hydrogens (tertiary/aromatic N) is 4. The van der Waals surface area contributed by atoms with E-state index in [1.807, 2.05) is 0 Å². The van der Waals surface area contributed by atoms with E-state index in [4.69, 9.17) is 16.7 Å². The van der Waals surface area contributed by atoms with E-state index in [-0.39, 0.29) is 42.4 Å². The Kier molecular flexibility index (Phi) is 8.52. The third kappa shape index (κ3) is 6.19. The number of ketones is 1. The first-order chi connectivity index (χ1) is 22.5. The van der Waals surface area contributed by atoms with Crippen molar-refractivity contribution in [3.05, 3.63) is 101 Å². The number of amides is 2. The van der Waals surface area contributed by atoms with Crippen molar-refractivity contribution in [3.63, 3.8) is 0 Å². The predicted octanol–water partition coefficient (Wildman–Crippen LogP) is 6.04. The molecule has 2 aromatic heterocycles. The molecule has 47 heavy (non-hydrogen) atoms. The SMILES string of the molecule is CC(=O)c1cn(CC(=O)N2C[C@H](F)C[C@H]2C(=O)Nc2cccc(-c3ccccc3Cl)c2F)c2ccc(-c3cnc(C(=O)O)nc3)cc12. The highest BCUT2D eigenvalue weighted by Crippen LogP contribution is 2.34.